The van der Waals surface area contributed by atoms with Crippen LogP contribution in [0.5, 0.6) is 11.5 Å². The highest BCUT2D eigenvalue weighted by atomic mass is 35.5. The maximum absolute atomic E-state index is 12.8. The molecule has 1 fully saturated rings. The molecule has 28 heavy (non-hydrogen) atoms. The van der Waals surface area contributed by atoms with Crippen molar-refractivity contribution in [3.05, 3.63) is 71.3 Å². The molecule has 0 aliphatic heterocycles. The Morgan fingerprint density at radius 3 is 2.39 bits per heavy atom. The lowest BCUT2D eigenvalue weighted by atomic mass is 9.91. The third-order valence-electron chi connectivity index (χ3n) is 5.29. The van der Waals surface area contributed by atoms with Crippen LogP contribution in [-0.2, 0) is 0 Å². The fourth-order valence-electron chi connectivity index (χ4n) is 3.68. The van der Waals surface area contributed by atoms with Gasteiger partial charge in [-0.05, 0) is 47.1 Å². The number of halogens is 4. The minimum Gasteiger partial charge on any atom is -0.457 e. The SMILES string of the molecule is CC1(C)C(C=C(Cl)C(F)(F)F)C1C(C#N)c1cccc(Oc2ccccc2)c1. The Morgan fingerprint density at radius 2 is 1.79 bits per heavy atom. The molecular weight excluding hydrogens is 387 g/mol. The summed E-state index contributed by atoms with van der Waals surface area (Å²) in [6, 6.07) is 18.6. The molecule has 0 aromatic heterocycles. The van der Waals surface area contributed by atoms with Gasteiger partial charge in [-0.25, -0.2) is 0 Å². The molecule has 146 valence electrons. The highest BCUT2D eigenvalue weighted by Crippen LogP contribution is 2.65. The van der Waals surface area contributed by atoms with E-state index in [2.05, 4.69) is 6.07 Å². The van der Waals surface area contributed by atoms with Crippen LogP contribution < -0.4 is 4.74 Å². The number of allylic oxidation sites excluding steroid dienone is 2. The van der Waals surface area contributed by atoms with E-state index >= 15 is 0 Å². The van der Waals surface area contributed by atoms with Gasteiger partial charge in [-0.15, -0.1) is 0 Å². The van der Waals surface area contributed by atoms with Gasteiger partial charge in [-0.3, -0.25) is 0 Å². The van der Waals surface area contributed by atoms with E-state index in [1.165, 1.54) is 0 Å². The Labute approximate surface area is 167 Å². The lowest BCUT2D eigenvalue weighted by Crippen LogP contribution is -2.07. The summed E-state index contributed by atoms with van der Waals surface area (Å²) in [6.45, 7) is 3.71. The molecule has 2 nitrogen and oxygen atoms in total. The fraction of sp³-hybridized carbons (Fsp3) is 0.318. The molecule has 1 saturated carbocycles. The van der Waals surface area contributed by atoms with Crippen molar-refractivity contribution in [3.8, 4) is 17.6 Å². The summed E-state index contributed by atoms with van der Waals surface area (Å²) in [5.41, 5.74) is 0.260. The molecule has 0 spiro atoms. The minimum absolute atomic E-state index is 0.263. The Bertz CT molecular complexity index is 915. The zero-order valence-electron chi connectivity index (χ0n) is 15.4. The lowest BCUT2D eigenvalue weighted by Gasteiger charge is -2.13. The molecule has 2 aromatic carbocycles. The number of alkyl halides is 3. The summed E-state index contributed by atoms with van der Waals surface area (Å²) in [5.74, 6) is -0.0145. The molecule has 2 aromatic rings. The second-order valence-electron chi connectivity index (χ2n) is 7.48. The van der Waals surface area contributed by atoms with E-state index in [1.54, 1.807) is 24.3 Å². The van der Waals surface area contributed by atoms with Gasteiger partial charge in [0.05, 0.1) is 12.0 Å². The van der Waals surface area contributed by atoms with Crippen molar-refractivity contribution in [2.24, 2.45) is 17.3 Å². The molecule has 0 saturated heterocycles. The van der Waals surface area contributed by atoms with Crippen molar-refractivity contribution in [3.63, 3.8) is 0 Å². The summed E-state index contributed by atoms with van der Waals surface area (Å²) in [4.78, 5) is 0. The van der Waals surface area contributed by atoms with Crippen molar-refractivity contribution < 1.29 is 17.9 Å². The van der Waals surface area contributed by atoms with E-state index in [0.717, 1.165) is 6.08 Å². The van der Waals surface area contributed by atoms with E-state index in [1.807, 2.05) is 44.2 Å². The van der Waals surface area contributed by atoms with Crippen LogP contribution in [0.2, 0.25) is 0 Å². The molecule has 0 N–H and O–H groups in total. The first kappa shape index (κ1) is 20.3. The van der Waals surface area contributed by atoms with Crippen LogP contribution in [0.15, 0.2) is 65.7 Å². The average Bonchev–Trinajstić information content (AvgIpc) is 3.16. The Kier molecular flexibility index (Phi) is 5.45. The third-order valence-corrected chi connectivity index (χ3v) is 5.63. The Morgan fingerprint density at radius 1 is 1.14 bits per heavy atom. The molecule has 0 heterocycles. The number of nitrogens with zero attached hydrogens (tertiary/aromatic N) is 1. The molecule has 6 heteroatoms. The van der Waals surface area contributed by atoms with Crippen LogP contribution in [0.1, 0.15) is 25.3 Å². The molecule has 3 atom stereocenters. The summed E-state index contributed by atoms with van der Waals surface area (Å²) < 4.78 is 44.2. The van der Waals surface area contributed by atoms with Crippen LogP contribution in [0.4, 0.5) is 13.2 Å². The normalized spacial score (nSPS) is 22.2. The summed E-state index contributed by atoms with van der Waals surface area (Å²) >= 11 is 5.43. The second-order valence-corrected chi connectivity index (χ2v) is 7.89. The van der Waals surface area contributed by atoms with Crippen molar-refractivity contribution in [1.29, 1.82) is 5.26 Å². The maximum atomic E-state index is 12.8. The van der Waals surface area contributed by atoms with Gasteiger partial charge in [0, 0.05) is 0 Å². The lowest BCUT2D eigenvalue weighted by molar-refractivity contribution is -0.0848. The van der Waals surface area contributed by atoms with E-state index in [0.29, 0.717) is 17.1 Å². The smallest absolute Gasteiger partial charge is 0.426 e. The summed E-state index contributed by atoms with van der Waals surface area (Å²) in [5, 5.41) is 8.61. The van der Waals surface area contributed by atoms with Crippen molar-refractivity contribution >= 4 is 11.6 Å². The number of hydrogen-bond acceptors (Lipinski definition) is 2. The number of hydrogen-bond donors (Lipinski definition) is 0. The summed E-state index contributed by atoms with van der Waals surface area (Å²) in [7, 11) is 0. The van der Waals surface area contributed by atoms with Gasteiger partial charge in [0.1, 0.15) is 16.5 Å². The van der Waals surface area contributed by atoms with Gasteiger partial charge in [0.2, 0.25) is 0 Å². The molecule has 1 aliphatic rings. The predicted molar refractivity (Wildman–Crippen MR) is 102 cm³/mol. The highest BCUT2D eigenvalue weighted by Gasteiger charge is 2.60. The van der Waals surface area contributed by atoms with E-state index in [-0.39, 0.29) is 5.92 Å². The van der Waals surface area contributed by atoms with E-state index in [9.17, 15) is 18.4 Å². The van der Waals surface area contributed by atoms with Gasteiger partial charge in [-0.1, -0.05) is 61.9 Å². The largest absolute Gasteiger partial charge is 0.457 e. The van der Waals surface area contributed by atoms with Crippen LogP contribution in [0, 0.1) is 28.6 Å². The quantitative estimate of drug-likeness (QED) is 0.534. The maximum Gasteiger partial charge on any atom is 0.426 e. The average molecular weight is 406 g/mol. The molecule has 3 rings (SSSR count). The van der Waals surface area contributed by atoms with Crippen LogP contribution in [0.25, 0.3) is 0 Å². The Balaban J connectivity index is 1.84. The van der Waals surface area contributed by atoms with Crippen molar-refractivity contribution in [2.75, 3.05) is 0 Å². The molecule has 0 amide bonds. The van der Waals surface area contributed by atoms with Gasteiger partial charge in [0.15, 0.2) is 0 Å². The first-order chi connectivity index (χ1) is 13.1. The van der Waals surface area contributed by atoms with Gasteiger partial charge < -0.3 is 4.74 Å². The monoisotopic (exact) mass is 405 g/mol. The number of nitriles is 1. The molecular formula is C22H19ClF3NO. The topological polar surface area (TPSA) is 33.0 Å². The number of rotatable bonds is 5. The van der Waals surface area contributed by atoms with Crippen LogP contribution in [-0.4, -0.2) is 6.18 Å². The fourth-order valence-corrected chi connectivity index (χ4v) is 3.82. The molecule has 0 radical (unpaired) electrons. The van der Waals surface area contributed by atoms with Crippen molar-refractivity contribution in [1.82, 2.24) is 0 Å². The predicted octanol–water partition coefficient (Wildman–Crippen LogP) is 7.04. The zero-order chi connectivity index (χ0) is 20.5. The van der Waals surface area contributed by atoms with Gasteiger partial charge in [0.25, 0.3) is 0 Å². The molecule has 3 unspecified atom stereocenters. The number of para-hydroxylation sites is 1. The first-order valence-corrected chi connectivity index (χ1v) is 9.19. The number of benzene rings is 2. The summed E-state index contributed by atoms with van der Waals surface area (Å²) in [6.07, 6.45) is -3.53. The van der Waals surface area contributed by atoms with E-state index < -0.39 is 28.5 Å². The number of ether oxygens (including phenoxy) is 1. The minimum atomic E-state index is -4.57. The highest BCUT2D eigenvalue weighted by molar-refractivity contribution is 6.30. The zero-order valence-corrected chi connectivity index (χ0v) is 16.1. The first-order valence-electron chi connectivity index (χ1n) is 8.81. The van der Waals surface area contributed by atoms with Gasteiger partial charge >= 0.3 is 6.18 Å². The Hall–Kier alpha value is -2.45. The third kappa shape index (κ3) is 4.18. The van der Waals surface area contributed by atoms with E-state index in [4.69, 9.17) is 16.3 Å². The van der Waals surface area contributed by atoms with Crippen LogP contribution in [0.3, 0.4) is 0 Å². The van der Waals surface area contributed by atoms with Gasteiger partial charge in [-0.2, -0.15) is 18.4 Å². The molecule has 0 bridgehead atoms. The van der Waals surface area contributed by atoms with Crippen LogP contribution >= 0.6 is 11.6 Å². The second kappa shape index (κ2) is 7.52. The molecule has 1 aliphatic carbocycles. The standard InChI is InChI=1S/C22H19ClF3NO/c1-21(2)18(12-19(23)22(24,25)26)20(21)17(13-27)14-7-6-10-16(11-14)28-15-8-4-3-5-9-15/h3-12,17-18,20H,1-2H3. The van der Waals surface area contributed by atoms with Crippen molar-refractivity contribution in [2.45, 2.75) is 25.9 Å².